The van der Waals surface area contributed by atoms with E-state index >= 15 is 0 Å². The molecular weight excluding hydrogens is 364 g/mol. The van der Waals surface area contributed by atoms with Crippen molar-refractivity contribution in [3.05, 3.63) is 66.0 Å². The minimum Gasteiger partial charge on any atom is -0.353 e. The highest BCUT2D eigenvalue weighted by Gasteiger charge is 2.40. The van der Waals surface area contributed by atoms with Gasteiger partial charge in [0.05, 0.1) is 23.5 Å². The second-order valence-corrected chi connectivity index (χ2v) is 8.02. The average molecular weight is 388 g/mol. The number of hydrogen-bond acceptors (Lipinski definition) is 3. The van der Waals surface area contributed by atoms with Crippen LogP contribution in [0.4, 0.5) is 0 Å². The maximum atomic E-state index is 13.6. The van der Waals surface area contributed by atoms with Gasteiger partial charge in [-0.05, 0) is 37.5 Å². The van der Waals surface area contributed by atoms with E-state index in [1.807, 2.05) is 71.0 Å². The molecule has 2 aromatic carbocycles. The Kier molecular flexibility index (Phi) is 4.34. The predicted octanol–water partition coefficient (Wildman–Crippen LogP) is 3.35. The number of imidazole rings is 1. The lowest BCUT2D eigenvalue weighted by molar-refractivity contribution is -0.142. The van der Waals surface area contributed by atoms with Gasteiger partial charge in [-0.15, -0.1) is 0 Å². The molecule has 1 aliphatic heterocycles. The van der Waals surface area contributed by atoms with Gasteiger partial charge in [-0.25, -0.2) is 4.98 Å². The van der Waals surface area contributed by atoms with Gasteiger partial charge < -0.3 is 14.8 Å². The normalized spacial score (nSPS) is 21.3. The average Bonchev–Trinajstić information content (AvgIpc) is 3.46. The summed E-state index contributed by atoms with van der Waals surface area (Å²) < 4.78 is 1.98. The molecule has 148 valence electrons. The largest absolute Gasteiger partial charge is 0.353 e. The fourth-order valence-electron chi connectivity index (χ4n) is 4.18. The second kappa shape index (κ2) is 7.03. The van der Waals surface area contributed by atoms with Crippen molar-refractivity contribution in [3.63, 3.8) is 0 Å². The maximum absolute atomic E-state index is 13.6. The van der Waals surface area contributed by atoms with Crippen molar-refractivity contribution in [1.82, 2.24) is 19.8 Å². The first-order chi connectivity index (χ1) is 14.1. The van der Waals surface area contributed by atoms with Gasteiger partial charge in [-0.3, -0.25) is 9.59 Å². The van der Waals surface area contributed by atoms with Crippen LogP contribution >= 0.6 is 0 Å². The number of amides is 2. The molecule has 0 unspecified atom stereocenters. The van der Waals surface area contributed by atoms with Crippen LogP contribution in [-0.4, -0.2) is 32.3 Å². The molecule has 29 heavy (non-hydrogen) atoms. The summed E-state index contributed by atoms with van der Waals surface area (Å²) in [6, 6.07) is 17.3. The van der Waals surface area contributed by atoms with Crippen LogP contribution in [0.2, 0.25) is 0 Å². The molecule has 0 spiro atoms. The molecular formula is C23H24N4O2. The number of carbonyl (C=O) groups is 2. The van der Waals surface area contributed by atoms with Crippen LogP contribution in [-0.2, 0) is 16.1 Å². The Bertz CT molecular complexity index is 1070. The van der Waals surface area contributed by atoms with Gasteiger partial charge in [0.2, 0.25) is 11.8 Å². The molecule has 2 atom stereocenters. The number of nitrogens with one attached hydrogen (secondary N) is 1. The van der Waals surface area contributed by atoms with Crippen LogP contribution in [0.5, 0.6) is 0 Å². The molecule has 1 aromatic heterocycles. The highest BCUT2D eigenvalue weighted by molar-refractivity contribution is 5.91. The lowest BCUT2D eigenvalue weighted by Gasteiger charge is -2.38. The monoisotopic (exact) mass is 388 g/mol. The Balaban J connectivity index is 1.55. The number of aromatic nitrogens is 2. The summed E-state index contributed by atoms with van der Waals surface area (Å²) >= 11 is 0. The molecule has 0 radical (unpaired) electrons. The molecule has 1 N–H and O–H groups in total. The van der Waals surface area contributed by atoms with E-state index in [4.69, 9.17) is 4.98 Å². The Morgan fingerprint density at radius 2 is 1.83 bits per heavy atom. The number of hydrogen-bond donors (Lipinski definition) is 1. The highest BCUT2D eigenvalue weighted by Crippen LogP contribution is 2.37. The van der Waals surface area contributed by atoms with Crippen LogP contribution < -0.4 is 5.32 Å². The summed E-state index contributed by atoms with van der Waals surface area (Å²) in [4.78, 5) is 32.9. The van der Waals surface area contributed by atoms with E-state index in [9.17, 15) is 9.59 Å². The fourth-order valence-corrected chi connectivity index (χ4v) is 4.18. The molecule has 0 saturated heterocycles. The molecule has 6 nitrogen and oxygen atoms in total. The summed E-state index contributed by atoms with van der Waals surface area (Å²) in [6.45, 7) is 2.52. The quantitative estimate of drug-likeness (QED) is 0.729. The molecule has 6 heteroatoms. The standard InChI is InChI=1S/C23H24N4O2/c1-15-22-25-18-9-5-6-10-19(18)27(22)20(13-21(28)24-17-11-12-17)23(29)26(15)14-16-7-3-2-4-8-16/h2-10,15,17,20H,11-14H2,1H3,(H,24,28)/t15-,20+/m1/s1. The molecule has 1 fully saturated rings. The van der Waals surface area contributed by atoms with Crippen molar-refractivity contribution in [1.29, 1.82) is 0 Å². The van der Waals surface area contributed by atoms with Crippen molar-refractivity contribution in [2.24, 2.45) is 0 Å². The van der Waals surface area contributed by atoms with Crippen LogP contribution in [0.15, 0.2) is 54.6 Å². The van der Waals surface area contributed by atoms with E-state index in [2.05, 4.69) is 5.32 Å². The van der Waals surface area contributed by atoms with Gasteiger partial charge in [0, 0.05) is 12.6 Å². The van der Waals surface area contributed by atoms with E-state index in [0.29, 0.717) is 6.54 Å². The molecule has 1 saturated carbocycles. The highest BCUT2D eigenvalue weighted by atomic mass is 16.2. The van der Waals surface area contributed by atoms with Gasteiger partial charge in [0.25, 0.3) is 0 Å². The third-order valence-corrected chi connectivity index (χ3v) is 5.86. The van der Waals surface area contributed by atoms with Gasteiger partial charge >= 0.3 is 0 Å². The third-order valence-electron chi connectivity index (χ3n) is 5.86. The maximum Gasteiger partial charge on any atom is 0.247 e. The smallest absolute Gasteiger partial charge is 0.247 e. The Hall–Kier alpha value is -3.15. The number of rotatable bonds is 5. The first kappa shape index (κ1) is 17.9. The lowest BCUT2D eigenvalue weighted by Crippen LogP contribution is -2.46. The summed E-state index contributed by atoms with van der Waals surface area (Å²) in [5.74, 6) is 0.748. The van der Waals surface area contributed by atoms with Crippen LogP contribution in [0.25, 0.3) is 11.0 Å². The zero-order chi connectivity index (χ0) is 20.0. The summed E-state index contributed by atoms with van der Waals surface area (Å²) in [5.41, 5.74) is 2.83. The molecule has 2 amide bonds. The van der Waals surface area contributed by atoms with Crippen molar-refractivity contribution in [2.75, 3.05) is 0 Å². The van der Waals surface area contributed by atoms with Gasteiger partial charge in [0.15, 0.2) is 0 Å². The van der Waals surface area contributed by atoms with Gasteiger partial charge in [0.1, 0.15) is 11.9 Å². The van der Waals surface area contributed by atoms with E-state index in [0.717, 1.165) is 35.3 Å². The number of carbonyl (C=O) groups excluding carboxylic acids is 2. The van der Waals surface area contributed by atoms with Gasteiger partial charge in [-0.2, -0.15) is 0 Å². The molecule has 1 aliphatic carbocycles. The number of nitrogens with zero attached hydrogens (tertiary/aromatic N) is 3. The lowest BCUT2D eigenvalue weighted by atomic mass is 10.0. The van der Waals surface area contributed by atoms with Gasteiger partial charge in [-0.1, -0.05) is 42.5 Å². The van der Waals surface area contributed by atoms with Crippen LogP contribution in [0.3, 0.4) is 0 Å². The SMILES string of the molecule is C[C@@H]1c2nc3ccccc3n2[C@@H](CC(=O)NC2CC2)C(=O)N1Cc1ccccc1. The minimum atomic E-state index is -0.573. The molecule has 0 bridgehead atoms. The van der Waals surface area contributed by atoms with Crippen molar-refractivity contribution >= 4 is 22.8 Å². The Morgan fingerprint density at radius 3 is 2.59 bits per heavy atom. The topological polar surface area (TPSA) is 67.2 Å². The van der Waals surface area contributed by atoms with Crippen LogP contribution in [0, 0.1) is 0 Å². The summed E-state index contributed by atoms with van der Waals surface area (Å²) in [5, 5.41) is 3.03. The molecule has 2 aliphatic rings. The zero-order valence-corrected chi connectivity index (χ0v) is 16.4. The number of para-hydroxylation sites is 2. The van der Waals surface area contributed by atoms with Crippen LogP contribution in [0.1, 0.15) is 49.7 Å². The molecule has 5 rings (SSSR count). The van der Waals surface area contributed by atoms with E-state index in [1.54, 1.807) is 0 Å². The molecule has 3 aromatic rings. The predicted molar refractivity (Wildman–Crippen MR) is 110 cm³/mol. The minimum absolute atomic E-state index is 0.0250. The van der Waals surface area contributed by atoms with Crippen molar-refractivity contribution < 1.29 is 9.59 Å². The second-order valence-electron chi connectivity index (χ2n) is 8.02. The van der Waals surface area contributed by atoms with Crippen molar-refractivity contribution in [2.45, 2.75) is 50.9 Å². The summed E-state index contributed by atoms with van der Waals surface area (Å²) in [7, 11) is 0. The first-order valence-corrected chi connectivity index (χ1v) is 10.2. The summed E-state index contributed by atoms with van der Waals surface area (Å²) in [6.07, 6.45) is 2.20. The first-order valence-electron chi connectivity index (χ1n) is 10.2. The van der Waals surface area contributed by atoms with E-state index < -0.39 is 6.04 Å². The van der Waals surface area contributed by atoms with Crippen molar-refractivity contribution in [3.8, 4) is 0 Å². The zero-order valence-electron chi connectivity index (χ0n) is 16.4. The fraction of sp³-hybridized carbons (Fsp3) is 0.348. The number of fused-ring (bicyclic) bond motifs is 3. The number of benzene rings is 2. The third kappa shape index (κ3) is 3.28. The van der Waals surface area contributed by atoms with E-state index in [1.165, 1.54) is 0 Å². The Morgan fingerprint density at radius 1 is 1.10 bits per heavy atom. The Labute approximate surface area is 169 Å². The van der Waals surface area contributed by atoms with E-state index in [-0.39, 0.29) is 30.3 Å². The molecule has 2 heterocycles.